The van der Waals surface area contributed by atoms with Crippen molar-refractivity contribution in [2.45, 2.75) is 6.92 Å². The van der Waals surface area contributed by atoms with Crippen LogP contribution < -0.4 is 5.32 Å². The topological polar surface area (TPSA) is 89.0 Å². The molecule has 0 unspecified atom stereocenters. The number of hydrogen-bond donors (Lipinski definition) is 2. The van der Waals surface area contributed by atoms with Crippen LogP contribution >= 0.6 is 0 Å². The maximum absolute atomic E-state index is 13.9. The molecular formula is C17H17FN4O2. The van der Waals surface area contributed by atoms with Crippen LogP contribution in [0.4, 0.5) is 10.1 Å². The number of aromatic nitrogens is 1. The Hall–Kier alpha value is -2.98. The number of carbonyl (C=O) groups is 2. The number of halogens is 1. The van der Waals surface area contributed by atoms with Crippen molar-refractivity contribution in [3.8, 4) is 6.07 Å². The Morgan fingerprint density at radius 3 is 2.67 bits per heavy atom. The molecule has 0 saturated carbocycles. The molecule has 6 nitrogen and oxygen atoms in total. The van der Waals surface area contributed by atoms with Crippen molar-refractivity contribution in [3.05, 3.63) is 41.4 Å². The smallest absolute Gasteiger partial charge is 0.221 e. The Kier molecular flexibility index (Phi) is 5.11. The number of rotatable bonds is 5. The van der Waals surface area contributed by atoms with Gasteiger partial charge in [0.15, 0.2) is 0 Å². The van der Waals surface area contributed by atoms with Crippen LogP contribution in [-0.4, -0.2) is 42.2 Å². The summed E-state index contributed by atoms with van der Waals surface area (Å²) in [6, 6.07) is 6.01. The van der Waals surface area contributed by atoms with Crippen molar-refractivity contribution in [2.75, 3.05) is 26.0 Å². The van der Waals surface area contributed by atoms with E-state index in [-0.39, 0.29) is 17.0 Å². The number of nitrogens with one attached hydrogen (secondary N) is 2. The number of anilines is 1. The third kappa shape index (κ3) is 3.86. The average molecular weight is 328 g/mol. The molecule has 0 radical (unpaired) electrons. The van der Waals surface area contributed by atoms with Crippen molar-refractivity contribution in [3.63, 3.8) is 0 Å². The van der Waals surface area contributed by atoms with Crippen molar-refractivity contribution >= 4 is 28.3 Å². The second-order valence-electron chi connectivity index (χ2n) is 5.60. The zero-order valence-corrected chi connectivity index (χ0v) is 13.6. The maximum Gasteiger partial charge on any atom is 0.221 e. The van der Waals surface area contributed by atoms with Crippen LogP contribution in [-0.2, 0) is 4.79 Å². The van der Waals surface area contributed by atoms with Crippen molar-refractivity contribution in [1.82, 2.24) is 9.88 Å². The van der Waals surface area contributed by atoms with E-state index in [1.807, 2.05) is 25.1 Å². The Morgan fingerprint density at radius 1 is 1.38 bits per heavy atom. The number of hydrogen-bond acceptors (Lipinski definition) is 4. The number of nitrogens with zero attached hydrogens (tertiary/aromatic N) is 2. The zero-order valence-electron chi connectivity index (χ0n) is 13.6. The summed E-state index contributed by atoms with van der Waals surface area (Å²) in [5, 5.41) is 12.0. The molecular weight excluding hydrogens is 311 g/mol. The highest BCUT2D eigenvalue weighted by atomic mass is 19.1. The summed E-state index contributed by atoms with van der Waals surface area (Å²) in [5.41, 5.74) is 0.724. The van der Waals surface area contributed by atoms with E-state index < -0.39 is 17.5 Å². The monoisotopic (exact) mass is 328 g/mol. The van der Waals surface area contributed by atoms with E-state index in [1.54, 1.807) is 0 Å². The standard InChI is InChI=1S/C17H17FN4O2/c1-10(23)20-15-8-14-12(6-13(15)18)7-16(21-14)17(24)11(9-19)4-5-22(2)3/h4,6-8,21H,5H2,1-3H3,(H,20,23)/b11-4+. The van der Waals surface area contributed by atoms with Gasteiger partial charge in [0.2, 0.25) is 11.7 Å². The van der Waals surface area contributed by atoms with Gasteiger partial charge in [-0.25, -0.2) is 4.39 Å². The van der Waals surface area contributed by atoms with Gasteiger partial charge >= 0.3 is 0 Å². The number of ketones is 1. The predicted molar refractivity (Wildman–Crippen MR) is 89.1 cm³/mol. The van der Waals surface area contributed by atoms with Gasteiger partial charge in [-0.2, -0.15) is 5.26 Å². The lowest BCUT2D eigenvalue weighted by molar-refractivity contribution is -0.114. The van der Waals surface area contributed by atoms with Gasteiger partial charge in [-0.1, -0.05) is 0 Å². The molecule has 1 heterocycles. The largest absolute Gasteiger partial charge is 0.352 e. The van der Waals surface area contributed by atoms with Gasteiger partial charge in [0.25, 0.3) is 0 Å². The first kappa shape index (κ1) is 17.4. The van der Waals surface area contributed by atoms with Crippen LogP contribution in [0.2, 0.25) is 0 Å². The predicted octanol–water partition coefficient (Wildman–Crippen LogP) is 2.46. The summed E-state index contributed by atoms with van der Waals surface area (Å²) in [6.07, 6.45) is 1.54. The van der Waals surface area contributed by atoms with Crippen LogP contribution in [0.1, 0.15) is 17.4 Å². The molecule has 0 atom stereocenters. The summed E-state index contributed by atoms with van der Waals surface area (Å²) in [4.78, 5) is 28.2. The lowest BCUT2D eigenvalue weighted by Crippen LogP contribution is -2.13. The molecule has 7 heteroatoms. The molecule has 0 aliphatic rings. The average Bonchev–Trinajstić information content (AvgIpc) is 2.90. The van der Waals surface area contributed by atoms with Gasteiger partial charge in [-0.3, -0.25) is 9.59 Å². The van der Waals surface area contributed by atoms with E-state index in [0.717, 1.165) is 0 Å². The van der Waals surface area contributed by atoms with Crippen LogP contribution in [0, 0.1) is 17.1 Å². The molecule has 0 fully saturated rings. The van der Waals surface area contributed by atoms with Gasteiger partial charge in [0.05, 0.1) is 17.0 Å². The number of likely N-dealkylation sites (N-methyl/N-ethyl adjacent to an activating group) is 1. The second-order valence-corrected chi connectivity index (χ2v) is 5.60. The Bertz CT molecular complexity index is 875. The molecule has 124 valence electrons. The Morgan fingerprint density at radius 2 is 2.08 bits per heavy atom. The molecule has 0 bridgehead atoms. The number of fused-ring (bicyclic) bond motifs is 1. The van der Waals surface area contributed by atoms with Crippen LogP contribution in [0.25, 0.3) is 10.9 Å². The van der Waals surface area contributed by atoms with Gasteiger partial charge in [-0.05, 0) is 38.4 Å². The molecule has 0 aliphatic carbocycles. The van der Waals surface area contributed by atoms with E-state index in [1.165, 1.54) is 31.2 Å². The lowest BCUT2D eigenvalue weighted by Gasteiger charge is -2.04. The zero-order chi connectivity index (χ0) is 17.9. The molecule has 2 rings (SSSR count). The van der Waals surface area contributed by atoms with Gasteiger partial charge in [0.1, 0.15) is 11.9 Å². The molecule has 0 saturated heterocycles. The molecule has 1 aromatic carbocycles. The molecule has 1 amide bonds. The van der Waals surface area contributed by atoms with E-state index >= 15 is 0 Å². The molecule has 1 aromatic heterocycles. The first-order valence-corrected chi connectivity index (χ1v) is 7.21. The van der Waals surface area contributed by atoms with Crippen molar-refractivity contribution in [2.24, 2.45) is 0 Å². The normalized spacial score (nSPS) is 11.6. The number of allylic oxidation sites excluding steroid dienone is 1. The second kappa shape index (κ2) is 7.06. The maximum atomic E-state index is 13.9. The highest BCUT2D eigenvalue weighted by Crippen LogP contribution is 2.24. The quantitative estimate of drug-likeness (QED) is 0.501. The summed E-state index contributed by atoms with van der Waals surface area (Å²) in [7, 11) is 3.65. The Labute approximate surface area is 138 Å². The van der Waals surface area contributed by atoms with Crippen molar-refractivity contribution in [1.29, 1.82) is 5.26 Å². The first-order valence-electron chi connectivity index (χ1n) is 7.21. The van der Waals surface area contributed by atoms with Gasteiger partial charge < -0.3 is 15.2 Å². The van der Waals surface area contributed by atoms with Crippen LogP contribution in [0.5, 0.6) is 0 Å². The third-order valence-corrected chi connectivity index (χ3v) is 3.29. The summed E-state index contributed by atoms with van der Waals surface area (Å²) in [5.74, 6) is -1.45. The highest BCUT2D eigenvalue weighted by molar-refractivity contribution is 6.12. The lowest BCUT2D eigenvalue weighted by atomic mass is 10.1. The van der Waals surface area contributed by atoms with Crippen LogP contribution in [0.15, 0.2) is 29.8 Å². The third-order valence-electron chi connectivity index (χ3n) is 3.29. The molecule has 2 aromatic rings. The molecule has 0 aliphatic heterocycles. The summed E-state index contributed by atoms with van der Waals surface area (Å²) >= 11 is 0. The van der Waals surface area contributed by atoms with E-state index in [9.17, 15) is 14.0 Å². The highest BCUT2D eigenvalue weighted by Gasteiger charge is 2.16. The number of Topliss-reactive ketones (excluding diaryl/α,β-unsaturated/α-hetero) is 1. The Balaban J connectivity index is 2.40. The fourth-order valence-corrected chi connectivity index (χ4v) is 2.17. The number of aromatic amines is 1. The molecule has 0 spiro atoms. The van der Waals surface area contributed by atoms with E-state index in [4.69, 9.17) is 5.26 Å². The van der Waals surface area contributed by atoms with E-state index in [0.29, 0.717) is 17.4 Å². The van der Waals surface area contributed by atoms with Crippen LogP contribution in [0.3, 0.4) is 0 Å². The number of nitriles is 1. The minimum Gasteiger partial charge on any atom is -0.352 e. The first-order chi connectivity index (χ1) is 11.3. The van der Waals surface area contributed by atoms with E-state index in [2.05, 4.69) is 10.3 Å². The minimum absolute atomic E-state index is 0.0119. The molecule has 2 N–H and O–H groups in total. The fourth-order valence-electron chi connectivity index (χ4n) is 2.17. The van der Waals surface area contributed by atoms with Gasteiger partial charge in [-0.15, -0.1) is 0 Å². The molecule has 24 heavy (non-hydrogen) atoms. The van der Waals surface area contributed by atoms with Gasteiger partial charge in [0, 0.05) is 24.4 Å². The van der Waals surface area contributed by atoms with Crippen molar-refractivity contribution < 1.29 is 14.0 Å². The fraction of sp³-hybridized carbons (Fsp3) is 0.235. The number of amides is 1. The minimum atomic E-state index is -0.598. The summed E-state index contributed by atoms with van der Waals surface area (Å²) < 4.78 is 13.9. The number of benzene rings is 1. The number of H-pyrrole nitrogens is 1. The SMILES string of the molecule is CC(=O)Nc1cc2[nH]c(C(=O)/C(C#N)=C/CN(C)C)cc2cc1F. The summed E-state index contributed by atoms with van der Waals surface area (Å²) in [6.45, 7) is 1.73. The number of carbonyl (C=O) groups excluding carboxylic acids is 2.